The first kappa shape index (κ1) is 12.0. The maximum Gasteiger partial charge on any atom is 0.245 e. The summed E-state index contributed by atoms with van der Waals surface area (Å²) >= 11 is 5.88. The van der Waals surface area contributed by atoms with Gasteiger partial charge >= 0.3 is 0 Å². The number of benzene rings is 1. The van der Waals surface area contributed by atoms with Crippen molar-refractivity contribution in [1.29, 1.82) is 0 Å². The zero-order valence-electron chi connectivity index (χ0n) is 9.96. The van der Waals surface area contributed by atoms with Crippen LogP contribution in [0.15, 0.2) is 18.2 Å². The molecule has 5 heteroatoms. The molecule has 0 saturated carbocycles. The lowest BCUT2D eigenvalue weighted by atomic mass is 9.97. The summed E-state index contributed by atoms with van der Waals surface area (Å²) in [7, 11) is 0. The molecule has 3 N–H and O–H groups in total. The summed E-state index contributed by atoms with van der Waals surface area (Å²) in [5, 5.41) is 3.46. The molecule has 2 rings (SSSR count). The summed E-state index contributed by atoms with van der Waals surface area (Å²) in [5.41, 5.74) is 6.82. The Bertz CT molecular complexity index is 459. The van der Waals surface area contributed by atoms with E-state index in [1.165, 1.54) is 0 Å². The van der Waals surface area contributed by atoms with Gasteiger partial charge in [-0.3, -0.25) is 4.79 Å². The molecular formula is C12H16ClN3O. The number of nitrogens with two attached hydrogens (primary N) is 1. The van der Waals surface area contributed by atoms with Crippen LogP contribution in [-0.4, -0.2) is 24.5 Å². The Morgan fingerprint density at radius 2 is 2.18 bits per heavy atom. The van der Waals surface area contributed by atoms with Crippen LogP contribution < -0.4 is 16.0 Å². The maximum atomic E-state index is 11.9. The molecule has 0 aromatic heterocycles. The van der Waals surface area contributed by atoms with Crippen LogP contribution in [0.25, 0.3) is 0 Å². The van der Waals surface area contributed by atoms with Gasteiger partial charge in [-0.15, -0.1) is 0 Å². The van der Waals surface area contributed by atoms with Gasteiger partial charge in [-0.2, -0.15) is 0 Å². The third-order valence-electron chi connectivity index (χ3n) is 3.13. The fourth-order valence-electron chi connectivity index (χ4n) is 2.09. The number of hydrogen-bond acceptors (Lipinski definition) is 3. The van der Waals surface area contributed by atoms with Gasteiger partial charge in [0.1, 0.15) is 5.54 Å². The number of rotatable bonds is 1. The lowest BCUT2D eigenvalue weighted by molar-refractivity contribution is -0.126. The molecule has 0 spiro atoms. The van der Waals surface area contributed by atoms with E-state index in [9.17, 15) is 4.79 Å². The van der Waals surface area contributed by atoms with E-state index < -0.39 is 5.54 Å². The van der Waals surface area contributed by atoms with Crippen molar-refractivity contribution in [3.63, 3.8) is 0 Å². The van der Waals surface area contributed by atoms with Crippen molar-refractivity contribution in [2.45, 2.75) is 19.4 Å². The highest BCUT2D eigenvalue weighted by molar-refractivity contribution is 6.31. The Balaban J connectivity index is 2.41. The Morgan fingerprint density at radius 3 is 2.82 bits per heavy atom. The Labute approximate surface area is 106 Å². The summed E-state index contributed by atoms with van der Waals surface area (Å²) in [6.45, 7) is 5.14. The summed E-state index contributed by atoms with van der Waals surface area (Å²) in [6, 6.07) is 5.35. The van der Waals surface area contributed by atoms with Gasteiger partial charge in [0.05, 0.1) is 11.4 Å². The minimum absolute atomic E-state index is 0.0121. The van der Waals surface area contributed by atoms with E-state index >= 15 is 0 Å². The van der Waals surface area contributed by atoms with Gasteiger partial charge in [0.2, 0.25) is 5.91 Å². The number of amides is 1. The normalized spacial score (nSPS) is 19.0. The van der Waals surface area contributed by atoms with E-state index in [1.54, 1.807) is 12.1 Å². The molecular weight excluding hydrogens is 238 g/mol. The Morgan fingerprint density at radius 1 is 1.47 bits per heavy atom. The van der Waals surface area contributed by atoms with E-state index in [1.807, 2.05) is 24.8 Å². The smallest absolute Gasteiger partial charge is 0.245 e. The number of halogens is 1. The molecule has 0 radical (unpaired) electrons. The second-order valence-corrected chi connectivity index (χ2v) is 5.11. The van der Waals surface area contributed by atoms with Crippen molar-refractivity contribution in [2.24, 2.45) is 0 Å². The van der Waals surface area contributed by atoms with Crippen molar-refractivity contribution in [2.75, 3.05) is 23.7 Å². The zero-order chi connectivity index (χ0) is 12.6. The van der Waals surface area contributed by atoms with Gasteiger partial charge in [-0.05, 0) is 32.0 Å². The monoisotopic (exact) mass is 253 g/mol. The van der Waals surface area contributed by atoms with Crippen LogP contribution in [0.5, 0.6) is 0 Å². The molecule has 1 saturated heterocycles. The average molecular weight is 254 g/mol. The summed E-state index contributed by atoms with van der Waals surface area (Å²) in [4.78, 5) is 13.9. The van der Waals surface area contributed by atoms with Crippen LogP contribution in [0.2, 0.25) is 5.02 Å². The van der Waals surface area contributed by atoms with Crippen molar-refractivity contribution < 1.29 is 4.79 Å². The summed E-state index contributed by atoms with van der Waals surface area (Å²) in [6.07, 6.45) is 0. The van der Waals surface area contributed by atoms with Crippen molar-refractivity contribution in [3.05, 3.63) is 23.2 Å². The molecule has 1 aromatic rings. The van der Waals surface area contributed by atoms with E-state index in [0.717, 1.165) is 12.2 Å². The van der Waals surface area contributed by atoms with Crippen LogP contribution >= 0.6 is 11.6 Å². The second kappa shape index (κ2) is 4.11. The fourth-order valence-corrected chi connectivity index (χ4v) is 2.27. The third kappa shape index (κ3) is 2.05. The first-order valence-electron chi connectivity index (χ1n) is 5.54. The minimum Gasteiger partial charge on any atom is -0.397 e. The molecule has 1 fully saturated rings. The van der Waals surface area contributed by atoms with E-state index in [4.69, 9.17) is 17.3 Å². The maximum absolute atomic E-state index is 11.9. The number of anilines is 2. The molecule has 1 amide bonds. The number of hydrogen-bond donors (Lipinski definition) is 2. The van der Waals surface area contributed by atoms with Crippen LogP contribution in [0.4, 0.5) is 11.4 Å². The van der Waals surface area contributed by atoms with Gasteiger partial charge < -0.3 is 16.0 Å². The molecule has 92 valence electrons. The number of nitrogens with zero attached hydrogens (tertiary/aromatic N) is 1. The number of nitrogens with one attached hydrogen (secondary N) is 1. The minimum atomic E-state index is -0.597. The van der Waals surface area contributed by atoms with Crippen LogP contribution in [-0.2, 0) is 4.79 Å². The predicted octanol–water partition coefficient (Wildman–Crippen LogP) is 1.64. The lowest BCUT2D eigenvalue weighted by Gasteiger charge is -2.43. The molecule has 1 heterocycles. The topological polar surface area (TPSA) is 58.4 Å². The third-order valence-corrected chi connectivity index (χ3v) is 3.37. The summed E-state index contributed by atoms with van der Waals surface area (Å²) < 4.78 is 0. The highest BCUT2D eigenvalue weighted by atomic mass is 35.5. The van der Waals surface area contributed by atoms with Crippen molar-refractivity contribution in [3.8, 4) is 0 Å². The molecule has 0 atom stereocenters. The average Bonchev–Trinajstić information content (AvgIpc) is 2.23. The number of piperazine rings is 1. The Hall–Kier alpha value is -1.42. The number of carbonyl (C=O) groups is 1. The van der Waals surface area contributed by atoms with E-state index in [0.29, 0.717) is 17.3 Å². The first-order valence-corrected chi connectivity index (χ1v) is 5.91. The van der Waals surface area contributed by atoms with Gasteiger partial charge in [0.15, 0.2) is 0 Å². The standard InChI is InChI=1S/C12H16ClN3O/c1-12(2)11(17)15-5-6-16(12)10-4-3-8(13)7-9(10)14/h3-4,7H,5-6,14H2,1-2H3,(H,15,17). The fraction of sp³-hybridized carbons (Fsp3) is 0.417. The molecule has 17 heavy (non-hydrogen) atoms. The molecule has 1 aromatic carbocycles. The quantitative estimate of drug-likeness (QED) is 0.748. The van der Waals surface area contributed by atoms with Crippen LogP contribution in [0, 0.1) is 0 Å². The molecule has 0 unspecified atom stereocenters. The molecule has 0 bridgehead atoms. The largest absolute Gasteiger partial charge is 0.397 e. The zero-order valence-corrected chi connectivity index (χ0v) is 10.7. The summed E-state index contributed by atoms with van der Waals surface area (Å²) in [5.74, 6) is 0.0121. The first-order chi connectivity index (χ1) is 7.93. The molecule has 4 nitrogen and oxygen atoms in total. The van der Waals surface area contributed by atoms with Crippen molar-refractivity contribution in [1.82, 2.24) is 5.32 Å². The van der Waals surface area contributed by atoms with Crippen LogP contribution in [0.1, 0.15) is 13.8 Å². The lowest BCUT2D eigenvalue weighted by Crippen LogP contribution is -2.62. The molecule has 1 aliphatic heterocycles. The van der Waals surface area contributed by atoms with Gasteiger partial charge in [-0.25, -0.2) is 0 Å². The number of carbonyl (C=O) groups excluding carboxylic acids is 1. The second-order valence-electron chi connectivity index (χ2n) is 4.67. The Kier molecular flexibility index (Phi) is 2.91. The van der Waals surface area contributed by atoms with Crippen LogP contribution in [0.3, 0.4) is 0 Å². The highest BCUT2D eigenvalue weighted by Crippen LogP contribution is 2.32. The SMILES string of the molecule is CC1(C)C(=O)NCCN1c1ccc(Cl)cc1N. The van der Waals surface area contributed by atoms with Crippen molar-refractivity contribution >= 4 is 28.9 Å². The predicted molar refractivity (Wildman–Crippen MR) is 70.3 cm³/mol. The van der Waals surface area contributed by atoms with Gasteiger partial charge in [0.25, 0.3) is 0 Å². The number of nitrogen functional groups attached to an aromatic ring is 1. The molecule has 0 aliphatic carbocycles. The molecule has 1 aliphatic rings. The highest BCUT2D eigenvalue weighted by Gasteiger charge is 2.38. The van der Waals surface area contributed by atoms with E-state index in [2.05, 4.69) is 5.32 Å². The van der Waals surface area contributed by atoms with Gasteiger partial charge in [-0.1, -0.05) is 11.6 Å². The van der Waals surface area contributed by atoms with E-state index in [-0.39, 0.29) is 5.91 Å². The van der Waals surface area contributed by atoms with Gasteiger partial charge in [0, 0.05) is 18.1 Å².